The lowest BCUT2D eigenvalue weighted by molar-refractivity contribution is 0.307. The van der Waals surface area contributed by atoms with Crippen molar-refractivity contribution in [3.63, 3.8) is 0 Å². The van der Waals surface area contributed by atoms with Crippen LogP contribution in [0.25, 0.3) is 11.3 Å². The first-order chi connectivity index (χ1) is 18.5. The lowest BCUT2D eigenvalue weighted by Gasteiger charge is -2.13. The van der Waals surface area contributed by atoms with Crippen molar-refractivity contribution in [1.82, 2.24) is 9.97 Å². The number of benzene rings is 4. The van der Waals surface area contributed by atoms with Crippen LogP contribution in [0, 0.1) is 6.92 Å². The summed E-state index contributed by atoms with van der Waals surface area (Å²) in [6.07, 6.45) is 1.50. The Kier molecular flexibility index (Phi) is 7.33. The SMILES string of the molecule is Cc1ccc(S(=O)(=O)Nc2ccc(Nc3cc(-c4ccccc4OCc4ccccc4)ncn3)cc2)cc1. The van der Waals surface area contributed by atoms with Crippen LogP contribution in [0.1, 0.15) is 11.1 Å². The first-order valence-electron chi connectivity index (χ1n) is 12.0. The molecular formula is C30H26N4O3S. The van der Waals surface area contributed by atoms with Crippen LogP contribution in [0.5, 0.6) is 5.75 Å². The summed E-state index contributed by atoms with van der Waals surface area (Å²) in [6.45, 7) is 2.36. The maximum Gasteiger partial charge on any atom is 0.261 e. The van der Waals surface area contributed by atoms with Crippen LogP contribution in [-0.4, -0.2) is 18.4 Å². The lowest BCUT2D eigenvalue weighted by atomic mass is 10.1. The summed E-state index contributed by atoms with van der Waals surface area (Å²) in [7, 11) is -3.67. The number of hydrogen-bond donors (Lipinski definition) is 2. The largest absolute Gasteiger partial charge is 0.488 e. The molecule has 0 fully saturated rings. The summed E-state index contributed by atoms with van der Waals surface area (Å²) >= 11 is 0. The molecule has 1 aromatic heterocycles. The maximum absolute atomic E-state index is 12.7. The molecule has 0 atom stereocenters. The fourth-order valence-corrected chi connectivity index (χ4v) is 4.87. The summed E-state index contributed by atoms with van der Waals surface area (Å²) in [5, 5.41) is 3.25. The van der Waals surface area contributed by atoms with Gasteiger partial charge < -0.3 is 10.1 Å². The third-order valence-corrected chi connectivity index (χ3v) is 7.21. The van der Waals surface area contributed by atoms with Crippen molar-refractivity contribution in [1.29, 1.82) is 0 Å². The van der Waals surface area contributed by atoms with Gasteiger partial charge in [0.15, 0.2) is 0 Å². The highest BCUT2D eigenvalue weighted by atomic mass is 32.2. The van der Waals surface area contributed by atoms with Gasteiger partial charge in [0.2, 0.25) is 0 Å². The van der Waals surface area contributed by atoms with Crippen molar-refractivity contribution in [2.24, 2.45) is 0 Å². The third-order valence-electron chi connectivity index (χ3n) is 5.81. The summed E-state index contributed by atoms with van der Waals surface area (Å²) in [5.41, 5.74) is 4.86. The van der Waals surface area contributed by atoms with Crippen LogP contribution in [0.4, 0.5) is 17.2 Å². The number of aryl methyl sites for hydroxylation is 1. The Hall–Kier alpha value is -4.69. The minimum Gasteiger partial charge on any atom is -0.488 e. The smallest absolute Gasteiger partial charge is 0.261 e. The fraction of sp³-hybridized carbons (Fsp3) is 0.0667. The Morgan fingerprint density at radius 1 is 0.763 bits per heavy atom. The predicted octanol–water partition coefficient (Wildman–Crippen LogP) is 6.58. The molecule has 5 rings (SSSR count). The normalized spacial score (nSPS) is 11.1. The monoisotopic (exact) mass is 522 g/mol. The average molecular weight is 523 g/mol. The highest BCUT2D eigenvalue weighted by Gasteiger charge is 2.14. The Labute approximate surface area is 222 Å². The van der Waals surface area contributed by atoms with E-state index in [1.807, 2.05) is 67.6 Å². The molecule has 38 heavy (non-hydrogen) atoms. The number of sulfonamides is 1. The molecule has 8 heteroatoms. The number of rotatable bonds is 9. The number of anilines is 3. The number of nitrogens with zero attached hydrogens (tertiary/aromatic N) is 2. The van der Waals surface area contributed by atoms with E-state index in [1.165, 1.54) is 6.33 Å². The van der Waals surface area contributed by atoms with E-state index in [0.717, 1.165) is 28.1 Å². The quantitative estimate of drug-likeness (QED) is 0.227. The van der Waals surface area contributed by atoms with Gasteiger partial charge in [-0.3, -0.25) is 4.72 Å². The van der Waals surface area contributed by atoms with E-state index in [0.29, 0.717) is 23.8 Å². The van der Waals surface area contributed by atoms with Crippen LogP contribution in [0.2, 0.25) is 0 Å². The van der Waals surface area contributed by atoms with Gasteiger partial charge in [-0.25, -0.2) is 18.4 Å². The van der Waals surface area contributed by atoms with Crippen LogP contribution in [0.15, 0.2) is 120 Å². The molecule has 1 heterocycles. The van der Waals surface area contributed by atoms with Crippen molar-refractivity contribution in [3.05, 3.63) is 127 Å². The Bertz CT molecular complexity index is 1620. The van der Waals surface area contributed by atoms with E-state index in [1.54, 1.807) is 48.5 Å². The molecule has 0 aliphatic heterocycles. The highest BCUT2D eigenvalue weighted by molar-refractivity contribution is 7.92. The second-order valence-electron chi connectivity index (χ2n) is 8.68. The van der Waals surface area contributed by atoms with Gasteiger partial charge in [-0.15, -0.1) is 0 Å². The van der Waals surface area contributed by atoms with Gasteiger partial charge in [-0.05, 0) is 61.0 Å². The molecule has 0 radical (unpaired) electrons. The van der Waals surface area contributed by atoms with Crippen molar-refractivity contribution >= 4 is 27.2 Å². The Morgan fingerprint density at radius 3 is 2.21 bits per heavy atom. The highest BCUT2D eigenvalue weighted by Crippen LogP contribution is 2.30. The van der Waals surface area contributed by atoms with E-state index in [-0.39, 0.29) is 4.90 Å². The second kappa shape index (κ2) is 11.1. The van der Waals surface area contributed by atoms with Crippen molar-refractivity contribution in [2.45, 2.75) is 18.4 Å². The topological polar surface area (TPSA) is 93.2 Å². The molecule has 0 unspecified atom stereocenters. The fourth-order valence-electron chi connectivity index (χ4n) is 3.81. The van der Waals surface area contributed by atoms with Crippen LogP contribution in [-0.2, 0) is 16.6 Å². The number of ether oxygens (including phenoxy) is 1. The van der Waals surface area contributed by atoms with E-state index in [4.69, 9.17) is 4.74 Å². The number of para-hydroxylation sites is 1. The molecule has 0 bridgehead atoms. The lowest BCUT2D eigenvalue weighted by Crippen LogP contribution is -2.12. The standard InChI is InChI=1S/C30H26N4O3S/c1-22-11-17-26(18-12-22)38(35,36)34-25-15-13-24(14-16-25)33-30-19-28(31-21-32-30)27-9-5-6-10-29(27)37-20-23-7-3-2-4-8-23/h2-19,21,34H,20H2,1H3,(H,31,32,33). The Morgan fingerprint density at radius 2 is 1.45 bits per heavy atom. The van der Waals surface area contributed by atoms with E-state index >= 15 is 0 Å². The van der Waals surface area contributed by atoms with Crippen LogP contribution >= 0.6 is 0 Å². The summed E-state index contributed by atoms with van der Waals surface area (Å²) in [5.74, 6) is 1.33. The summed E-state index contributed by atoms with van der Waals surface area (Å²) < 4.78 is 34.0. The van der Waals surface area contributed by atoms with E-state index < -0.39 is 10.0 Å². The third kappa shape index (κ3) is 6.16. The molecule has 4 aromatic carbocycles. The molecule has 0 saturated carbocycles. The van der Waals surface area contributed by atoms with Gasteiger partial charge in [0.05, 0.1) is 10.6 Å². The summed E-state index contributed by atoms with van der Waals surface area (Å²) in [6, 6.07) is 33.3. The van der Waals surface area contributed by atoms with E-state index in [2.05, 4.69) is 20.0 Å². The number of nitrogens with one attached hydrogen (secondary N) is 2. The van der Waals surface area contributed by atoms with Crippen molar-refractivity contribution in [3.8, 4) is 17.0 Å². The molecule has 0 aliphatic carbocycles. The van der Waals surface area contributed by atoms with E-state index in [9.17, 15) is 8.42 Å². The molecular weight excluding hydrogens is 496 g/mol. The van der Waals surface area contributed by atoms with Crippen LogP contribution in [0.3, 0.4) is 0 Å². The zero-order valence-electron chi connectivity index (χ0n) is 20.7. The summed E-state index contributed by atoms with van der Waals surface area (Å²) in [4.78, 5) is 9.00. The molecule has 0 amide bonds. The van der Waals surface area contributed by atoms with Gasteiger partial charge in [-0.1, -0.05) is 60.2 Å². The molecule has 0 saturated heterocycles. The van der Waals surface area contributed by atoms with Crippen molar-refractivity contribution in [2.75, 3.05) is 10.0 Å². The van der Waals surface area contributed by atoms with Gasteiger partial charge in [-0.2, -0.15) is 0 Å². The minimum atomic E-state index is -3.67. The molecule has 5 aromatic rings. The molecule has 0 aliphatic rings. The molecule has 190 valence electrons. The number of aromatic nitrogens is 2. The second-order valence-corrected chi connectivity index (χ2v) is 10.4. The molecule has 7 nitrogen and oxygen atoms in total. The maximum atomic E-state index is 12.7. The molecule has 0 spiro atoms. The zero-order valence-corrected chi connectivity index (χ0v) is 21.5. The van der Waals surface area contributed by atoms with Crippen LogP contribution < -0.4 is 14.8 Å². The van der Waals surface area contributed by atoms with Gasteiger partial charge >= 0.3 is 0 Å². The number of hydrogen-bond acceptors (Lipinski definition) is 6. The van der Waals surface area contributed by atoms with Gasteiger partial charge in [0, 0.05) is 23.0 Å². The van der Waals surface area contributed by atoms with Crippen molar-refractivity contribution < 1.29 is 13.2 Å². The minimum absolute atomic E-state index is 0.215. The Balaban J connectivity index is 1.28. The average Bonchev–Trinajstić information content (AvgIpc) is 2.94. The first-order valence-corrected chi connectivity index (χ1v) is 13.5. The molecule has 2 N–H and O–H groups in total. The first kappa shape index (κ1) is 25.0. The zero-order chi connectivity index (χ0) is 26.4. The predicted molar refractivity (Wildman–Crippen MR) is 150 cm³/mol. The van der Waals surface area contributed by atoms with Gasteiger partial charge in [0.1, 0.15) is 24.5 Å². The van der Waals surface area contributed by atoms with Gasteiger partial charge in [0.25, 0.3) is 10.0 Å².